The fourth-order valence-corrected chi connectivity index (χ4v) is 3.29. The van der Waals surface area contributed by atoms with Crippen molar-refractivity contribution in [3.8, 4) is 0 Å². The van der Waals surface area contributed by atoms with Crippen LogP contribution in [0.25, 0.3) is 0 Å². The minimum absolute atomic E-state index is 0.0106. The second kappa shape index (κ2) is 8.11. The van der Waals surface area contributed by atoms with Crippen molar-refractivity contribution in [2.75, 3.05) is 5.75 Å². The fourth-order valence-electron chi connectivity index (χ4n) is 2.41. The van der Waals surface area contributed by atoms with Crippen LogP contribution in [-0.2, 0) is 27.6 Å². The molecule has 2 rings (SSSR count). The first kappa shape index (κ1) is 18.2. The third-order valence-corrected chi connectivity index (χ3v) is 5.79. The van der Waals surface area contributed by atoms with Crippen LogP contribution in [0.5, 0.6) is 0 Å². The number of carbonyl (C=O) groups is 1. The van der Waals surface area contributed by atoms with E-state index < -0.39 is 9.84 Å². The Balaban J connectivity index is 1.85. The molecule has 0 aromatic heterocycles. The molecule has 2 aromatic rings. The van der Waals surface area contributed by atoms with E-state index in [9.17, 15) is 13.2 Å². The molecule has 1 amide bonds. The van der Waals surface area contributed by atoms with E-state index in [0.717, 1.165) is 5.56 Å². The van der Waals surface area contributed by atoms with Gasteiger partial charge in [-0.3, -0.25) is 4.79 Å². The molecule has 0 saturated heterocycles. The summed E-state index contributed by atoms with van der Waals surface area (Å²) >= 11 is 0. The van der Waals surface area contributed by atoms with Crippen molar-refractivity contribution in [1.29, 1.82) is 0 Å². The first-order chi connectivity index (χ1) is 11.4. The second-order valence-corrected chi connectivity index (χ2v) is 8.03. The molecule has 0 aliphatic rings. The average Bonchev–Trinajstić information content (AvgIpc) is 2.59. The Hall–Kier alpha value is -2.14. The van der Waals surface area contributed by atoms with Gasteiger partial charge in [0.05, 0.1) is 10.6 Å². The zero-order chi connectivity index (χ0) is 17.6. The number of sulfone groups is 1. The number of amides is 1. The van der Waals surface area contributed by atoms with Crippen LogP contribution in [0.4, 0.5) is 0 Å². The van der Waals surface area contributed by atoms with Gasteiger partial charge in [-0.2, -0.15) is 0 Å². The summed E-state index contributed by atoms with van der Waals surface area (Å²) in [6, 6.07) is 14.7. The third-order valence-electron chi connectivity index (χ3n) is 4.03. The maximum absolute atomic E-state index is 12.0. The smallest absolute Gasteiger partial charge is 0.220 e. The van der Waals surface area contributed by atoms with Gasteiger partial charge >= 0.3 is 0 Å². The van der Waals surface area contributed by atoms with E-state index in [4.69, 9.17) is 0 Å². The molecule has 0 heterocycles. The molecular weight excluding hydrogens is 322 g/mol. The van der Waals surface area contributed by atoms with Gasteiger partial charge < -0.3 is 5.32 Å². The van der Waals surface area contributed by atoms with Crippen molar-refractivity contribution in [2.45, 2.75) is 38.1 Å². The van der Waals surface area contributed by atoms with Gasteiger partial charge in [0.25, 0.3) is 0 Å². The number of hydrogen-bond acceptors (Lipinski definition) is 3. The summed E-state index contributed by atoms with van der Waals surface area (Å²) in [5.41, 5.74) is 3.26. The molecule has 2 aromatic carbocycles. The van der Waals surface area contributed by atoms with Crippen LogP contribution in [0.15, 0.2) is 53.4 Å². The van der Waals surface area contributed by atoms with E-state index in [1.807, 2.05) is 31.2 Å². The number of benzene rings is 2. The summed E-state index contributed by atoms with van der Waals surface area (Å²) in [5.74, 6) is 0.0747. The van der Waals surface area contributed by atoms with Gasteiger partial charge in [0, 0.05) is 13.0 Å². The zero-order valence-electron chi connectivity index (χ0n) is 14.1. The van der Waals surface area contributed by atoms with Gasteiger partial charge in [-0.15, -0.1) is 0 Å². The molecule has 128 valence electrons. The molecule has 0 fully saturated rings. The minimum Gasteiger partial charge on any atom is -0.352 e. The lowest BCUT2D eigenvalue weighted by atomic mass is 10.0. The van der Waals surface area contributed by atoms with Crippen LogP contribution in [-0.4, -0.2) is 20.1 Å². The lowest BCUT2D eigenvalue weighted by Crippen LogP contribution is -2.23. The Morgan fingerprint density at radius 1 is 1.04 bits per heavy atom. The Morgan fingerprint density at radius 2 is 1.71 bits per heavy atom. The molecule has 0 spiro atoms. The minimum atomic E-state index is -3.18. The molecule has 24 heavy (non-hydrogen) atoms. The normalized spacial score (nSPS) is 11.2. The van der Waals surface area contributed by atoms with Crippen molar-refractivity contribution in [3.63, 3.8) is 0 Å². The lowest BCUT2D eigenvalue weighted by Gasteiger charge is -2.08. The number of rotatable bonds is 7. The first-order valence-electron chi connectivity index (χ1n) is 8.05. The maximum Gasteiger partial charge on any atom is 0.220 e. The third kappa shape index (κ3) is 4.93. The first-order valence-corrected chi connectivity index (χ1v) is 9.70. The molecule has 0 atom stereocenters. The summed E-state index contributed by atoms with van der Waals surface area (Å²) in [5, 5.41) is 2.87. The van der Waals surface area contributed by atoms with Crippen molar-refractivity contribution in [2.24, 2.45) is 0 Å². The monoisotopic (exact) mass is 345 g/mol. The molecule has 0 radical (unpaired) electrons. The number of nitrogens with one attached hydrogen (secondary N) is 1. The highest BCUT2D eigenvalue weighted by Gasteiger charge is 2.11. The highest BCUT2D eigenvalue weighted by Crippen LogP contribution is 2.13. The van der Waals surface area contributed by atoms with Crippen LogP contribution in [0.2, 0.25) is 0 Å². The molecule has 0 aliphatic heterocycles. The second-order valence-electron chi connectivity index (χ2n) is 5.75. The molecule has 0 aliphatic carbocycles. The van der Waals surface area contributed by atoms with Crippen LogP contribution >= 0.6 is 0 Å². The molecule has 5 heteroatoms. The van der Waals surface area contributed by atoms with Crippen LogP contribution < -0.4 is 5.32 Å². The molecule has 4 nitrogen and oxygen atoms in total. The Bertz CT molecular complexity index is 796. The van der Waals surface area contributed by atoms with Crippen LogP contribution in [0.1, 0.15) is 30.0 Å². The molecule has 1 N–H and O–H groups in total. The predicted octanol–water partition coefficient (Wildman–Crippen LogP) is 3.04. The topological polar surface area (TPSA) is 63.2 Å². The summed E-state index contributed by atoms with van der Waals surface area (Å²) in [4.78, 5) is 12.3. The molecular formula is C19H23NO3S. The van der Waals surface area contributed by atoms with E-state index in [2.05, 4.69) is 5.32 Å². The molecule has 0 unspecified atom stereocenters. The number of carbonyl (C=O) groups excluding carboxylic acids is 1. The highest BCUT2D eigenvalue weighted by atomic mass is 32.2. The number of hydrogen-bond donors (Lipinski definition) is 1. The number of aryl methyl sites for hydroxylation is 2. The van der Waals surface area contributed by atoms with E-state index in [0.29, 0.717) is 24.3 Å². The quantitative estimate of drug-likeness (QED) is 0.839. The van der Waals surface area contributed by atoms with E-state index in [1.165, 1.54) is 11.1 Å². The van der Waals surface area contributed by atoms with Crippen molar-refractivity contribution in [1.82, 2.24) is 5.32 Å². The van der Waals surface area contributed by atoms with E-state index >= 15 is 0 Å². The molecule has 0 bridgehead atoms. The predicted molar refractivity (Wildman–Crippen MR) is 95.5 cm³/mol. The average molecular weight is 345 g/mol. The summed E-state index contributed by atoms with van der Waals surface area (Å²) in [7, 11) is -3.18. The zero-order valence-corrected chi connectivity index (χ0v) is 14.9. The van der Waals surface area contributed by atoms with Gasteiger partial charge in [-0.05, 0) is 42.2 Å². The van der Waals surface area contributed by atoms with Gasteiger partial charge in [0.2, 0.25) is 5.91 Å². The summed E-state index contributed by atoms with van der Waals surface area (Å²) in [6.45, 7) is 4.07. The van der Waals surface area contributed by atoms with Crippen molar-refractivity contribution in [3.05, 3.63) is 65.2 Å². The maximum atomic E-state index is 12.0. The largest absolute Gasteiger partial charge is 0.352 e. The van der Waals surface area contributed by atoms with Gasteiger partial charge in [-0.25, -0.2) is 8.42 Å². The van der Waals surface area contributed by atoms with Gasteiger partial charge in [0.1, 0.15) is 0 Å². The van der Waals surface area contributed by atoms with E-state index in [1.54, 1.807) is 31.2 Å². The van der Waals surface area contributed by atoms with Crippen molar-refractivity contribution < 1.29 is 13.2 Å². The lowest BCUT2D eigenvalue weighted by molar-refractivity contribution is -0.121. The Morgan fingerprint density at radius 3 is 2.33 bits per heavy atom. The molecule has 0 saturated carbocycles. The van der Waals surface area contributed by atoms with Gasteiger partial charge in [0.15, 0.2) is 9.84 Å². The standard InChI is InChI=1S/C19H23NO3S/c1-3-24(22,23)18-11-8-16(9-12-18)14-20-19(21)13-10-17-7-5-4-6-15(17)2/h4-9,11-12H,3,10,13-14H2,1-2H3,(H,20,21). The summed E-state index contributed by atoms with van der Waals surface area (Å²) in [6.07, 6.45) is 1.15. The van der Waals surface area contributed by atoms with Gasteiger partial charge in [-0.1, -0.05) is 43.3 Å². The van der Waals surface area contributed by atoms with Crippen LogP contribution in [0, 0.1) is 6.92 Å². The summed E-state index contributed by atoms with van der Waals surface area (Å²) < 4.78 is 23.5. The Kier molecular flexibility index (Phi) is 6.15. The SMILES string of the molecule is CCS(=O)(=O)c1ccc(CNC(=O)CCc2ccccc2C)cc1. The van der Waals surface area contributed by atoms with Crippen molar-refractivity contribution >= 4 is 15.7 Å². The fraction of sp³-hybridized carbons (Fsp3) is 0.316. The Labute approximate surface area is 143 Å². The highest BCUT2D eigenvalue weighted by molar-refractivity contribution is 7.91. The van der Waals surface area contributed by atoms with E-state index in [-0.39, 0.29) is 11.7 Å². The van der Waals surface area contributed by atoms with Crippen LogP contribution in [0.3, 0.4) is 0 Å².